The predicted octanol–water partition coefficient (Wildman–Crippen LogP) is 2.13. The molecule has 0 unspecified atom stereocenters. The molecule has 0 saturated carbocycles. The SMILES string of the molecule is COCCN(CCC(=O)OC)C(=O)c1ccc(-n2cccc2)cc1. The number of ether oxygens (including phenoxy) is 2. The first-order valence-electron chi connectivity index (χ1n) is 7.74. The summed E-state index contributed by atoms with van der Waals surface area (Å²) in [6, 6.07) is 11.2. The first-order valence-corrected chi connectivity index (χ1v) is 7.74. The second-order valence-electron chi connectivity index (χ2n) is 5.25. The molecule has 0 saturated heterocycles. The van der Waals surface area contributed by atoms with Crippen molar-refractivity contribution in [2.24, 2.45) is 0 Å². The maximum atomic E-state index is 12.7. The van der Waals surface area contributed by atoms with E-state index in [1.54, 1.807) is 24.1 Å². The summed E-state index contributed by atoms with van der Waals surface area (Å²) >= 11 is 0. The van der Waals surface area contributed by atoms with E-state index in [9.17, 15) is 9.59 Å². The highest BCUT2D eigenvalue weighted by atomic mass is 16.5. The van der Waals surface area contributed by atoms with Gasteiger partial charge in [0.1, 0.15) is 0 Å². The lowest BCUT2D eigenvalue weighted by Crippen LogP contribution is -2.35. The van der Waals surface area contributed by atoms with Gasteiger partial charge in [-0.05, 0) is 36.4 Å². The number of benzene rings is 1. The van der Waals surface area contributed by atoms with Crippen molar-refractivity contribution in [2.45, 2.75) is 6.42 Å². The van der Waals surface area contributed by atoms with Crippen LogP contribution >= 0.6 is 0 Å². The highest BCUT2D eigenvalue weighted by Gasteiger charge is 2.17. The summed E-state index contributed by atoms with van der Waals surface area (Å²) in [5.41, 5.74) is 1.56. The van der Waals surface area contributed by atoms with Gasteiger partial charge in [0.25, 0.3) is 5.91 Å². The average Bonchev–Trinajstić information content (AvgIpc) is 3.16. The lowest BCUT2D eigenvalue weighted by atomic mass is 10.1. The fraction of sp³-hybridized carbons (Fsp3) is 0.333. The molecule has 1 heterocycles. The summed E-state index contributed by atoms with van der Waals surface area (Å²) in [7, 11) is 2.92. The number of hydrogen-bond acceptors (Lipinski definition) is 4. The molecule has 2 rings (SSSR count). The third-order valence-corrected chi connectivity index (χ3v) is 3.68. The third-order valence-electron chi connectivity index (χ3n) is 3.68. The predicted molar refractivity (Wildman–Crippen MR) is 90.2 cm³/mol. The first kappa shape index (κ1) is 17.7. The van der Waals surface area contributed by atoms with E-state index in [4.69, 9.17) is 4.74 Å². The van der Waals surface area contributed by atoms with Crippen LogP contribution in [0.1, 0.15) is 16.8 Å². The van der Waals surface area contributed by atoms with E-state index in [1.165, 1.54) is 7.11 Å². The molecule has 0 spiro atoms. The highest BCUT2D eigenvalue weighted by Crippen LogP contribution is 2.12. The zero-order valence-electron chi connectivity index (χ0n) is 14.0. The van der Waals surface area contributed by atoms with E-state index in [-0.39, 0.29) is 18.3 Å². The van der Waals surface area contributed by atoms with Gasteiger partial charge in [-0.15, -0.1) is 0 Å². The highest BCUT2D eigenvalue weighted by molar-refractivity contribution is 5.94. The summed E-state index contributed by atoms with van der Waals surface area (Å²) < 4.78 is 11.6. The van der Waals surface area contributed by atoms with Gasteiger partial charge in [0.15, 0.2) is 0 Å². The van der Waals surface area contributed by atoms with Gasteiger partial charge in [0, 0.05) is 43.8 Å². The lowest BCUT2D eigenvalue weighted by Gasteiger charge is -2.22. The molecule has 6 heteroatoms. The van der Waals surface area contributed by atoms with Crippen LogP contribution in [0.2, 0.25) is 0 Å². The van der Waals surface area contributed by atoms with E-state index in [0.29, 0.717) is 25.3 Å². The summed E-state index contributed by atoms with van der Waals surface area (Å²) in [6.07, 6.45) is 4.05. The molecule has 1 amide bonds. The average molecular weight is 330 g/mol. The number of carbonyl (C=O) groups excluding carboxylic acids is 2. The molecule has 0 aliphatic rings. The Morgan fingerprint density at radius 2 is 1.71 bits per heavy atom. The van der Waals surface area contributed by atoms with E-state index in [0.717, 1.165) is 5.69 Å². The topological polar surface area (TPSA) is 60.8 Å². The van der Waals surface area contributed by atoms with Gasteiger partial charge in [0.05, 0.1) is 20.1 Å². The maximum Gasteiger partial charge on any atom is 0.307 e. The molecule has 0 N–H and O–H groups in total. The largest absolute Gasteiger partial charge is 0.469 e. The number of carbonyl (C=O) groups is 2. The summed E-state index contributed by atoms with van der Waals surface area (Å²) in [4.78, 5) is 25.6. The van der Waals surface area contributed by atoms with Crippen LogP contribution in [0.5, 0.6) is 0 Å². The quantitative estimate of drug-likeness (QED) is 0.696. The van der Waals surface area contributed by atoms with Crippen LogP contribution in [0.15, 0.2) is 48.8 Å². The van der Waals surface area contributed by atoms with E-state index >= 15 is 0 Å². The molecule has 0 aliphatic heterocycles. The lowest BCUT2D eigenvalue weighted by molar-refractivity contribution is -0.140. The molecule has 1 aromatic carbocycles. The van der Waals surface area contributed by atoms with Gasteiger partial charge in [-0.2, -0.15) is 0 Å². The molecule has 24 heavy (non-hydrogen) atoms. The molecule has 128 valence electrons. The van der Waals surface area contributed by atoms with Crippen molar-refractivity contribution in [1.29, 1.82) is 0 Å². The Balaban J connectivity index is 2.08. The van der Waals surface area contributed by atoms with E-state index in [1.807, 2.05) is 41.2 Å². The fourth-order valence-electron chi connectivity index (χ4n) is 2.31. The van der Waals surface area contributed by atoms with Crippen molar-refractivity contribution in [3.05, 3.63) is 54.4 Å². The first-order chi connectivity index (χ1) is 11.7. The van der Waals surface area contributed by atoms with Gasteiger partial charge in [-0.3, -0.25) is 9.59 Å². The van der Waals surface area contributed by atoms with Crippen LogP contribution in [-0.2, 0) is 14.3 Å². The number of amides is 1. The Hall–Kier alpha value is -2.60. The summed E-state index contributed by atoms with van der Waals surface area (Å²) in [6.45, 7) is 1.13. The number of hydrogen-bond donors (Lipinski definition) is 0. The summed E-state index contributed by atoms with van der Waals surface area (Å²) in [5, 5.41) is 0. The van der Waals surface area contributed by atoms with Gasteiger partial charge in [-0.1, -0.05) is 0 Å². The Morgan fingerprint density at radius 3 is 2.29 bits per heavy atom. The van der Waals surface area contributed by atoms with Gasteiger partial charge >= 0.3 is 5.97 Å². The van der Waals surface area contributed by atoms with Gasteiger partial charge < -0.3 is 18.9 Å². The van der Waals surface area contributed by atoms with Crippen LogP contribution < -0.4 is 0 Å². The van der Waals surface area contributed by atoms with E-state index < -0.39 is 0 Å². The van der Waals surface area contributed by atoms with E-state index in [2.05, 4.69) is 4.74 Å². The van der Waals surface area contributed by atoms with Crippen LogP contribution in [0.4, 0.5) is 0 Å². The van der Waals surface area contributed by atoms with Crippen LogP contribution in [0, 0.1) is 0 Å². The molecule has 0 aliphatic carbocycles. The van der Waals surface area contributed by atoms with Crippen molar-refractivity contribution in [3.63, 3.8) is 0 Å². The Morgan fingerprint density at radius 1 is 1.04 bits per heavy atom. The Labute approximate surface area is 141 Å². The number of aromatic nitrogens is 1. The molecule has 1 aromatic heterocycles. The number of esters is 1. The molecule has 0 atom stereocenters. The minimum absolute atomic E-state index is 0.130. The normalized spacial score (nSPS) is 10.4. The van der Waals surface area contributed by atoms with Crippen molar-refractivity contribution in [1.82, 2.24) is 9.47 Å². The molecule has 2 aromatic rings. The minimum Gasteiger partial charge on any atom is -0.469 e. The molecule has 0 bridgehead atoms. The number of methoxy groups -OCH3 is 2. The number of rotatable bonds is 8. The van der Waals surface area contributed by atoms with Crippen LogP contribution in [0.25, 0.3) is 5.69 Å². The molecular weight excluding hydrogens is 308 g/mol. The van der Waals surface area contributed by atoms with Crippen molar-refractivity contribution < 1.29 is 19.1 Å². The fourth-order valence-corrected chi connectivity index (χ4v) is 2.31. The number of nitrogens with zero attached hydrogens (tertiary/aromatic N) is 2. The summed E-state index contributed by atoms with van der Waals surface area (Å²) in [5.74, 6) is -0.469. The third kappa shape index (κ3) is 4.70. The molecule has 6 nitrogen and oxygen atoms in total. The smallest absolute Gasteiger partial charge is 0.307 e. The van der Waals surface area contributed by atoms with Crippen molar-refractivity contribution in [3.8, 4) is 5.69 Å². The monoisotopic (exact) mass is 330 g/mol. The standard InChI is InChI=1S/C18H22N2O4/c1-23-14-13-20(12-9-17(21)24-2)18(22)15-5-7-16(8-6-15)19-10-3-4-11-19/h3-8,10-11H,9,12-14H2,1-2H3. The Kier molecular flexibility index (Phi) is 6.57. The van der Waals surface area contributed by atoms with Gasteiger partial charge in [0.2, 0.25) is 0 Å². The maximum absolute atomic E-state index is 12.7. The van der Waals surface area contributed by atoms with Crippen molar-refractivity contribution in [2.75, 3.05) is 33.9 Å². The minimum atomic E-state index is -0.340. The Bertz CT molecular complexity index is 650. The molecular formula is C18H22N2O4. The van der Waals surface area contributed by atoms with Crippen LogP contribution in [-0.4, -0.2) is 55.3 Å². The zero-order chi connectivity index (χ0) is 17.4. The van der Waals surface area contributed by atoms with Crippen molar-refractivity contribution >= 4 is 11.9 Å². The van der Waals surface area contributed by atoms with Gasteiger partial charge in [-0.25, -0.2) is 0 Å². The zero-order valence-corrected chi connectivity index (χ0v) is 14.0. The van der Waals surface area contributed by atoms with Crippen LogP contribution in [0.3, 0.4) is 0 Å². The second-order valence-corrected chi connectivity index (χ2v) is 5.25. The molecule has 0 radical (unpaired) electrons. The second kappa shape index (κ2) is 8.88. The molecule has 0 fully saturated rings.